The average Bonchev–Trinajstić information content (AvgIpc) is 3.18. The summed E-state index contributed by atoms with van der Waals surface area (Å²) in [6, 6.07) is 9.08. The maximum absolute atomic E-state index is 12.9. The molecule has 146 valence electrons. The molecule has 3 aromatic rings. The highest BCUT2D eigenvalue weighted by Crippen LogP contribution is 2.29. The second kappa shape index (κ2) is 7.95. The van der Waals surface area contributed by atoms with Gasteiger partial charge in [0.05, 0.1) is 29.9 Å². The Morgan fingerprint density at radius 1 is 1.48 bits per heavy atom. The van der Waals surface area contributed by atoms with Gasteiger partial charge in [-0.15, -0.1) is 11.3 Å². The lowest BCUT2D eigenvalue weighted by Gasteiger charge is -2.30. The van der Waals surface area contributed by atoms with Gasteiger partial charge in [-0.3, -0.25) is 9.79 Å². The van der Waals surface area contributed by atoms with Crippen LogP contribution in [-0.4, -0.2) is 59.8 Å². The Morgan fingerprint density at radius 3 is 3.14 bits per heavy atom. The molecule has 4 rings (SSSR count). The smallest absolute Gasteiger partial charge is 0.265 e. The monoisotopic (exact) mass is 406 g/mol. The number of morpholine rings is 1. The molecule has 29 heavy (non-hydrogen) atoms. The Kier molecular flexibility index (Phi) is 5.20. The number of amides is 1. The molecule has 3 aromatic heterocycles. The fourth-order valence-electron chi connectivity index (χ4n) is 3.15. The summed E-state index contributed by atoms with van der Waals surface area (Å²) in [6.45, 7) is 1.08. The first kappa shape index (κ1) is 19.0. The van der Waals surface area contributed by atoms with E-state index in [1.807, 2.05) is 24.3 Å². The van der Waals surface area contributed by atoms with Gasteiger partial charge >= 0.3 is 0 Å². The van der Waals surface area contributed by atoms with Crippen molar-refractivity contribution in [3.05, 3.63) is 40.9 Å². The molecule has 1 fully saturated rings. The van der Waals surface area contributed by atoms with E-state index in [9.17, 15) is 10.1 Å². The normalized spacial score (nSPS) is 17.0. The Labute approximate surface area is 171 Å². The molecule has 2 N–H and O–H groups in total. The van der Waals surface area contributed by atoms with Crippen LogP contribution in [0.5, 0.6) is 0 Å². The zero-order valence-electron chi connectivity index (χ0n) is 15.7. The minimum atomic E-state index is -0.565. The molecular weight excluding hydrogens is 388 g/mol. The van der Waals surface area contributed by atoms with Crippen molar-refractivity contribution >= 4 is 39.5 Å². The van der Waals surface area contributed by atoms with Gasteiger partial charge in [-0.1, -0.05) is 0 Å². The topological polar surface area (TPSA) is 117 Å². The van der Waals surface area contributed by atoms with Gasteiger partial charge in [-0.2, -0.15) is 5.26 Å². The second-order valence-electron chi connectivity index (χ2n) is 6.51. The lowest BCUT2D eigenvalue weighted by Crippen LogP contribution is -2.47. The number of nitriles is 1. The molecule has 0 radical (unpaired) electrons. The van der Waals surface area contributed by atoms with Crippen LogP contribution in [0.3, 0.4) is 0 Å². The third kappa shape index (κ3) is 3.68. The standard InChI is InChI=1S/C20H18N6O2S/c1-23-9-14-6-13(10-24-18(14)22)16-3-2-12-7-17(29-19(12)25-16)20(27)26-4-5-28-11-15(26)8-21/h2-3,6-7,9-10,15H,4-5,11H2,1H3,(H2,22,24). The summed E-state index contributed by atoms with van der Waals surface area (Å²) in [7, 11) is 1.67. The fourth-order valence-corrected chi connectivity index (χ4v) is 4.14. The van der Waals surface area contributed by atoms with E-state index in [0.717, 1.165) is 27.0 Å². The number of hydrogen-bond donors (Lipinski definition) is 1. The number of nitrogen functional groups attached to an aromatic ring is 1. The zero-order chi connectivity index (χ0) is 20.4. The SMILES string of the molecule is CN=Cc1cc(-c2ccc3cc(C(=O)N4CCOCC4C#N)sc3n2)cnc1N. The van der Waals surface area contributed by atoms with Crippen molar-refractivity contribution in [2.24, 2.45) is 4.99 Å². The first-order valence-corrected chi connectivity index (χ1v) is 9.79. The molecule has 0 saturated carbocycles. The van der Waals surface area contributed by atoms with Crippen LogP contribution in [0, 0.1) is 11.3 Å². The van der Waals surface area contributed by atoms with E-state index in [4.69, 9.17) is 15.5 Å². The zero-order valence-corrected chi connectivity index (χ0v) is 16.5. The molecule has 8 nitrogen and oxygen atoms in total. The van der Waals surface area contributed by atoms with Crippen LogP contribution in [0.2, 0.25) is 0 Å². The van der Waals surface area contributed by atoms with Crippen molar-refractivity contribution in [3.8, 4) is 17.3 Å². The van der Waals surface area contributed by atoms with Crippen LogP contribution in [0.25, 0.3) is 21.5 Å². The number of aliphatic imine (C=N–C) groups is 1. The molecule has 1 unspecified atom stereocenters. The van der Waals surface area contributed by atoms with Gasteiger partial charge in [-0.05, 0) is 24.3 Å². The van der Waals surface area contributed by atoms with Gasteiger partial charge in [0, 0.05) is 42.5 Å². The van der Waals surface area contributed by atoms with Crippen LogP contribution in [0.1, 0.15) is 15.2 Å². The van der Waals surface area contributed by atoms with Gasteiger partial charge in [0.2, 0.25) is 0 Å². The molecule has 1 aliphatic rings. The summed E-state index contributed by atoms with van der Waals surface area (Å²) in [5.41, 5.74) is 8.15. The number of thiophene rings is 1. The highest BCUT2D eigenvalue weighted by atomic mass is 32.1. The number of nitrogens with two attached hydrogens (primary N) is 1. The number of carbonyl (C=O) groups excluding carboxylic acids is 1. The minimum Gasteiger partial charge on any atom is -0.383 e. The summed E-state index contributed by atoms with van der Waals surface area (Å²) >= 11 is 1.31. The van der Waals surface area contributed by atoms with Crippen LogP contribution in [-0.2, 0) is 4.74 Å². The number of hydrogen-bond acceptors (Lipinski definition) is 8. The molecule has 1 saturated heterocycles. The number of carbonyl (C=O) groups is 1. The van der Waals surface area contributed by atoms with E-state index >= 15 is 0 Å². The van der Waals surface area contributed by atoms with E-state index in [1.165, 1.54) is 11.3 Å². The lowest BCUT2D eigenvalue weighted by molar-refractivity contribution is 0.0135. The number of nitrogens with zero attached hydrogens (tertiary/aromatic N) is 5. The van der Waals surface area contributed by atoms with Crippen molar-refractivity contribution in [1.82, 2.24) is 14.9 Å². The maximum Gasteiger partial charge on any atom is 0.265 e. The third-order valence-electron chi connectivity index (χ3n) is 4.65. The van der Waals surface area contributed by atoms with Crippen LogP contribution < -0.4 is 5.73 Å². The van der Waals surface area contributed by atoms with E-state index in [-0.39, 0.29) is 12.5 Å². The molecule has 1 aliphatic heterocycles. The number of anilines is 1. The highest BCUT2D eigenvalue weighted by molar-refractivity contribution is 7.20. The van der Waals surface area contributed by atoms with E-state index < -0.39 is 6.04 Å². The number of ether oxygens (including phenoxy) is 1. The number of pyridine rings is 2. The third-order valence-corrected chi connectivity index (χ3v) is 5.68. The molecule has 0 aliphatic carbocycles. The molecule has 1 amide bonds. The maximum atomic E-state index is 12.9. The van der Waals surface area contributed by atoms with Crippen LogP contribution >= 0.6 is 11.3 Å². The van der Waals surface area contributed by atoms with Gasteiger partial charge < -0.3 is 15.4 Å². The van der Waals surface area contributed by atoms with Crippen molar-refractivity contribution in [1.29, 1.82) is 5.26 Å². The lowest BCUT2D eigenvalue weighted by atomic mass is 10.1. The Morgan fingerprint density at radius 2 is 2.34 bits per heavy atom. The predicted molar refractivity (Wildman–Crippen MR) is 112 cm³/mol. The molecular formula is C20H18N6O2S. The van der Waals surface area contributed by atoms with Gasteiger partial charge in [0.1, 0.15) is 16.7 Å². The number of aromatic nitrogens is 2. The van der Waals surface area contributed by atoms with Crippen molar-refractivity contribution in [2.45, 2.75) is 6.04 Å². The molecule has 0 bridgehead atoms. The minimum absolute atomic E-state index is 0.167. The Balaban J connectivity index is 1.67. The van der Waals surface area contributed by atoms with E-state index in [0.29, 0.717) is 23.8 Å². The van der Waals surface area contributed by atoms with Crippen molar-refractivity contribution in [2.75, 3.05) is 32.5 Å². The average molecular weight is 406 g/mol. The first-order valence-electron chi connectivity index (χ1n) is 8.97. The molecule has 4 heterocycles. The second-order valence-corrected chi connectivity index (χ2v) is 7.54. The molecule has 1 atom stereocenters. The molecule has 0 spiro atoms. The quantitative estimate of drug-likeness (QED) is 0.667. The largest absolute Gasteiger partial charge is 0.383 e. The first-order chi connectivity index (χ1) is 14.1. The number of rotatable bonds is 3. The summed E-state index contributed by atoms with van der Waals surface area (Å²) in [5.74, 6) is 0.238. The van der Waals surface area contributed by atoms with Gasteiger partial charge in [0.25, 0.3) is 5.91 Å². The summed E-state index contributed by atoms with van der Waals surface area (Å²) in [5, 5.41) is 10.2. The van der Waals surface area contributed by atoms with Crippen LogP contribution in [0.15, 0.2) is 35.5 Å². The molecule has 0 aromatic carbocycles. The van der Waals surface area contributed by atoms with E-state index in [1.54, 1.807) is 24.4 Å². The fraction of sp³-hybridized carbons (Fsp3) is 0.250. The number of fused-ring (bicyclic) bond motifs is 1. The summed E-state index contributed by atoms with van der Waals surface area (Å²) in [6.07, 6.45) is 3.32. The predicted octanol–water partition coefficient (Wildman–Crippen LogP) is 2.35. The highest BCUT2D eigenvalue weighted by Gasteiger charge is 2.29. The molecule has 9 heteroatoms. The Bertz CT molecular complexity index is 1150. The van der Waals surface area contributed by atoms with Gasteiger partial charge in [-0.25, -0.2) is 9.97 Å². The van der Waals surface area contributed by atoms with Crippen molar-refractivity contribution < 1.29 is 9.53 Å². The van der Waals surface area contributed by atoms with Crippen LogP contribution in [0.4, 0.5) is 5.82 Å². The summed E-state index contributed by atoms with van der Waals surface area (Å²) in [4.78, 5) is 28.7. The van der Waals surface area contributed by atoms with Crippen molar-refractivity contribution in [3.63, 3.8) is 0 Å². The summed E-state index contributed by atoms with van der Waals surface area (Å²) < 4.78 is 5.30. The Hall–Kier alpha value is -3.35. The van der Waals surface area contributed by atoms with Gasteiger partial charge in [0.15, 0.2) is 0 Å². The van der Waals surface area contributed by atoms with E-state index in [2.05, 4.69) is 16.0 Å².